The smallest absolute Gasteiger partial charge is 0.312 e. The maximum Gasteiger partial charge on any atom is 0.312 e. The maximum atomic E-state index is 10.4. The summed E-state index contributed by atoms with van der Waals surface area (Å²) in [5.74, 6) is 0. The summed E-state index contributed by atoms with van der Waals surface area (Å²) < 4.78 is 0. The molecule has 2 amide bonds. The van der Waals surface area contributed by atoms with Gasteiger partial charge in [-0.3, -0.25) is 0 Å². The van der Waals surface area contributed by atoms with Crippen LogP contribution in [0, 0.1) is 5.41 Å². The lowest BCUT2D eigenvalue weighted by Gasteiger charge is -2.16. The fourth-order valence-corrected chi connectivity index (χ4v) is 1.07. The molecule has 4 heteroatoms. The number of rotatable bonds is 1. The molecule has 0 saturated heterocycles. The van der Waals surface area contributed by atoms with Crippen molar-refractivity contribution in [1.29, 1.82) is 5.41 Å². The van der Waals surface area contributed by atoms with Crippen molar-refractivity contribution in [2.24, 2.45) is 5.73 Å². The molecule has 4 N–H and O–H groups in total. The van der Waals surface area contributed by atoms with Crippen LogP contribution in [0.25, 0.3) is 0 Å². The molecule has 0 aromatic heterocycles. The number of carbonyl (C=O) groups excluding carboxylic acids is 1. The third-order valence-corrected chi connectivity index (χ3v) is 1.53. The number of urea groups is 1. The van der Waals surface area contributed by atoms with E-state index in [0.717, 1.165) is 0 Å². The Kier molecular flexibility index (Phi) is 2.25. The molecular formula is C7H11N3O. The lowest BCUT2D eigenvalue weighted by atomic mass is 10.0. The predicted molar refractivity (Wildman–Crippen MR) is 42.6 cm³/mol. The van der Waals surface area contributed by atoms with E-state index in [4.69, 9.17) is 11.1 Å². The first-order valence-electron chi connectivity index (χ1n) is 3.47. The molecule has 0 heterocycles. The Labute approximate surface area is 65.0 Å². The molecule has 0 aromatic carbocycles. The number of nitrogens with one attached hydrogen (secondary N) is 2. The number of amides is 2. The molecule has 60 valence electrons. The number of nitrogens with two attached hydrogens (primary N) is 1. The molecule has 0 aromatic rings. The Bertz CT molecular complexity index is 210. The molecule has 1 rings (SSSR count). The largest absolute Gasteiger partial charge is 0.352 e. The molecular weight excluding hydrogens is 142 g/mol. The van der Waals surface area contributed by atoms with Crippen LogP contribution in [0.1, 0.15) is 12.8 Å². The van der Waals surface area contributed by atoms with Crippen molar-refractivity contribution in [3.63, 3.8) is 0 Å². The van der Waals surface area contributed by atoms with Gasteiger partial charge in [-0.05, 0) is 0 Å². The van der Waals surface area contributed by atoms with Crippen LogP contribution >= 0.6 is 0 Å². The van der Waals surface area contributed by atoms with E-state index in [1.165, 1.54) is 0 Å². The highest BCUT2D eigenvalue weighted by atomic mass is 16.2. The zero-order chi connectivity index (χ0) is 8.27. The highest BCUT2D eigenvalue weighted by molar-refractivity contribution is 5.85. The number of hydrogen-bond donors (Lipinski definition) is 3. The third kappa shape index (κ3) is 2.41. The number of allylic oxidation sites excluding steroid dienone is 1. The van der Waals surface area contributed by atoms with Gasteiger partial charge in [0.05, 0.1) is 6.04 Å². The average molecular weight is 153 g/mol. The summed E-state index contributed by atoms with van der Waals surface area (Å²) in [6, 6.07) is -0.608. The molecule has 1 unspecified atom stereocenters. The summed E-state index contributed by atoms with van der Waals surface area (Å²) >= 11 is 0. The summed E-state index contributed by atoms with van der Waals surface area (Å²) in [6.45, 7) is 0. The van der Waals surface area contributed by atoms with E-state index in [-0.39, 0.29) is 6.04 Å². The standard InChI is InChI=1S/C7H11N3O/c8-5-2-1-3-6(4-5)10-7(9)11/h1,3,6,8H,2,4H2,(H3,9,10,11). The molecule has 0 saturated carbocycles. The van der Waals surface area contributed by atoms with E-state index in [1.807, 2.05) is 12.2 Å². The lowest BCUT2D eigenvalue weighted by molar-refractivity contribution is 0.247. The van der Waals surface area contributed by atoms with E-state index in [1.54, 1.807) is 0 Å². The first kappa shape index (κ1) is 7.78. The Balaban J connectivity index is 2.46. The molecule has 0 bridgehead atoms. The normalized spacial score (nSPS) is 23.3. The van der Waals surface area contributed by atoms with E-state index in [2.05, 4.69) is 5.32 Å². The zero-order valence-electron chi connectivity index (χ0n) is 6.13. The van der Waals surface area contributed by atoms with Gasteiger partial charge in [0.2, 0.25) is 0 Å². The molecule has 0 radical (unpaired) electrons. The van der Waals surface area contributed by atoms with E-state index in [9.17, 15) is 4.79 Å². The summed E-state index contributed by atoms with van der Waals surface area (Å²) in [4.78, 5) is 10.4. The van der Waals surface area contributed by atoms with Gasteiger partial charge >= 0.3 is 6.03 Å². The molecule has 1 aliphatic rings. The van der Waals surface area contributed by atoms with Gasteiger partial charge in [0.1, 0.15) is 0 Å². The van der Waals surface area contributed by atoms with Crippen LogP contribution in [0.2, 0.25) is 0 Å². The summed E-state index contributed by atoms with van der Waals surface area (Å²) in [5, 5.41) is 9.84. The molecule has 4 nitrogen and oxygen atoms in total. The van der Waals surface area contributed by atoms with Crippen LogP contribution < -0.4 is 11.1 Å². The second kappa shape index (κ2) is 3.18. The van der Waals surface area contributed by atoms with Crippen LogP contribution in [0.5, 0.6) is 0 Å². The van der Waals surface area contributed by atoms with Crippen LogP contribution in [-0.2, 0) is 0 Å². The summed E-state index contributed by atoms with van der Waals surface area (Å²) in [7, 11) is 0. The van der Waals surface area contributed by atoms with Crippen molar-refractivity contribution in [1.82, 2.24) is 5.32 Å². The van der Waals surface area contributed by atoms with Gasteiger partial charge in [-0.2, -0.15) is 0 Å². The Morgan fingerprint density at radius 3 is 3.09 bits per heavy atom. The van der Waals surface area contributed by atoms with Gasteiger partial charge in [-0.15, -0.1) is 0 Å². The Morgan fingerprint density at radius 1 is 1.82 bits per heavy atom. The molecule has 1 aliphatic carbocycles. The second-order valence-electron chi connectivity index (χ2n) is 2.56. The molecule has 0 aliphatic heterocycles. The first-order valence-corrected chi connectivity index (χ1v) is 3.47. The predicted octanol–water partition coefficient (Wildman–Crippen LogP) is 0.393. The van der Waals surface area contributed by atoms with Crippen molar-refractivity contribution in [2.75, 3.05) is 0 Å². The van der Waals surface area contributed by atoms with Crippen molar-refractivity contribution in [3.05, 3.63) is 12.2 Å². The van der Waals surface area contributed by atoms with Crippen LogP contribution in [0.15, 0.2) is 12.2 Å². The fraction of sp³-hybridized carbons (Fsp3) is 0.429. The van der Waals surface area contributed by atoms with E-state index >= 15 is 0 Å². The minimum atomic E-state index is -0.533. The van der Waals surface area contributed by atoms with Crippen molar-refractivity contribution in [2.45, 2.75) is 18.9 Å². The van der Waals surface area contributed by atoms with Crippen molar-refractivity contribution < 1.29 is 4.79 Å². The Hall–Kier alpha value is -1.32. The van der Waals surface area contributed by atoms with E-state index in [0.29, 0.717) is 18.6 Å². The Morgan fingerprint density at radius 2 is 2.55 bits per heavy atom. The molecule has 11 heavy (non-hydrogen) atoms. The minimum Gasteiger partial charge on any atom is -0.352 e. The number of hydrogen-bond acceptors (Lipinski definition) is 2. The topological polar surface area (TPSA) is 79.0 Å². The SMILES string of the molecule is N=C1CC=CC(NC(N)=O)C1. The quantitative estimate of drug-likeness (QED) is 0.468. The fourth-order valence-electron chi connectivity index (χ4n) is 1.07. The monoisotopic (exact) mass is 153 g/mol. The lowest BCUT2D eigenvalue weighted by Crippen LogP contribution is -2.39. The summed E-state index contributed by atoms with van der Waals surface area (Å²) in [5.41, 5.74) is 5.55. The van der Waals surface area contributed by atoms with Crippen LogP contribution in [-0.4, -0.2) is 17.8 Å². The van der Waals surface area contributed by atoms with Gasteiger partial charge in [0, 0.05) is 18.6 Å². The minimum absolute atomic E-state index is 0.0752. The number of primary amides is 1. The third-order valence-electron chi connectivity index (χ3n) is 1.53. The first-order chi connectivity index (χ1) is 5.18. The van der Waals surface area contributed by atoms with E-state index < -0.39 is 6.03 Å². The van der Waals surface area contributed by atoms with Crippen LogP contribution in [0.3, 0.4) is 0 Å². The molecule has 0 fully saturated rings. The van der Waals surface area contributed by atoms with Crippen LogP contribution in [0.4, 0.5) is 4.79 Å². The highest BCUT2D eigenvalue weighted by Gasteiger charge is 2.12. The van der Waals surface area contributed by atoms with Gasteiger partial charge in [-0.1, -0.05) is 12.2 Å². The van der Waals surface area contributed by atoms with Gasteiger partial charge in [0.25, 0.3) is 0 Å². The van der Waals surface area contributed by atoms with Gasteiger partial charge in [-0.25, -0.2) is 4.79 Å². The average Bonchev–Trinajstić information content (AvgIpc) is 1.85. The van der Waals surface area contributed by atoms with Crippen molar-refractivity contribution >= 4 is 11.7 Å². The second-order valence-corrected chi connectivity index (χ2v) is 2.56. The maximum absolute atomic E-state index is 10.4. The number of carbonyl (C=O) groups is 1. The summed E-state index contributed by atoms with van der Waals surface area (Å²) in [6.07, 6.45) is 5.01. The van der Waals surface area contributed by atoms with Gasteiger partial charge in [0.15, 0.2) is 0 Å². The molecule has 0 spiro atoms. The molecule has 1 atom stereocenters. The highest BCUT2D eigenvalue weighted by Crippen LogP contribution is 2.06. The van der Waals surface area contributed by atoms with Gasteiger partial charge < -0.3 is 16.5 Å². The zero-order valence-corrected chi connectivity index (χ0v) is 6.13. The van der Waals surface area contributed by atoms with Crippen molar-refractivity contribution in [3.8, 4) is 0 Å².